The molecule has 5 rings (SSSR count). The van der Waals surface area contributed by atoms with Crippen molar-refractivity contribution < 1.29 is 4.74 Å². The summed E-state index contributed by atoms with van der Waals surface area (Å²) in [6.07, 6.45) is 5.91. The van der Waals surface area contributed by atoms with Crippen LogP contribution in [0.4, 0.5) is 5.95 Å². The van der Waals surface area contributed by atoms with Crippen molar-refractivity contribution in [2.24, 2.45) is 7.05 Å². The van der Waals surface area contributed by atoms with Gasteiger partial charge < -0.3 is 14.2 Å². The largest absolute Gasteiger partial charge is 0.496 e. The molecule has 5 aromatic rings. The summed E-state index contributed by atoms with van der Waals surface area (Å²) in [4.78, 5) is 11.9. The molecule has 168 valence electrons. The Kier molecular flexibility index (Phi) is 5.64. The Morgan fingerprint density at radius 2 is 1.85 bits per heavy atom. The van der Waals surface area contributed by atoms with Crippen LogP contribution in [0, 0.1) is 0 Å². The van der Waals surface area contributed by atoms with E-state index in [0.29, 0.717) is 12.4 Å². The summed E-state index contributed by atoms with van der Waals surface area (Å²) >= 11 is 0. The first-order valence-corrected chi connectivity index (χ1v) is 11.2. The molecule has 0 unspecified atom stereocenters. The number of hydrogen-bond acceptors (Lipinski definition) is 6. The highest BCUT2D eigenvalue weighted by Crippen LogP contribution is 2.33. The van der Waals surface area contributed by atoms with Gasteiger partial charge in [-0.2, -0.15) is 0 Å². The summed E-state index contributed by atoms with van der Waals surface area (Å²) in [5, 5.41) is 10.2. The van der Waals surface area contributed by atoms with Gasteiger partial charge in [-0.3, -0.25) is 0 Å². The van der Waals surface area contributed by atoms with Gasteiger partial charge in [-0.05, 0) is 30.7 Å². The standard InChI is InChI=1S/C25H27N7O/c1-4-5-15-31(17-22-26-14-16-30(22)2)25-27-20-12-8-6-10-18(20)23-28-29-24(32(23)25)19-11-7-9-13-21(19)33-3/h6-14,16H,4-5,15,17H2,1-3H3. The fourth-order valence-corrected chi connectivity index (χ4v) is 4.10. The Hall–Kier alpha value is -3.94. The van der Waals surface area contributed by atoms with Gasteiger partial charge in [0.25, 0.3) is 0 Å². The third-order valence-electron chi connectivity index (χ3n) is 5.89. The topological polar surface area (TPSA) is 73.4 Å². The first-order valence-electron chi connectivity index (χ1n) is 11.2. The molecule has 0 N–H and O–H groups in total. The third-order valence-corrected chi connectivity index (χ3v) is 5.89. The third kappa shape index (κ3) is 3.77. The van der Waals surface area contributed by atoms with E-state index in [1.54, 1.807) is 7.11 Å². The highest BCUT2D eigenvalue weighted by Gasteiger charge is 2.22. The van der Waals surface area contributed by atoms with Gasteiger partial charge in [0.05, 0.1) is 24.7 Å². The minimum Gasteiger partial charge on any atom is -0.496 e. The van der Waals surface area contributed by atoms with Crippen molar-refractivity contribution in [1.82, 2.24) is 29.1 Å². The van der Waals surface area contributed by atoms with Crippen molar-refractivity contribution in [3.05, 3.63) is 66.7 Å². The zero-order chi connectivity index (χ0) is 22.8. The van der Waals surface area contributed by atoms with E-state index in [0.717, 1.165) is 59.0 Å². The van der Waals surface area contributed by atoms with Gasteiger partial charge in [-0.25, -0.2) is 14.4 Å². The van der Waals surface area contributed by atoms with Gasteiger partial charge >= 0.3 is 0 Å². The van der Waals surface area contributed by atoms with Gasteiger partial charge in [0.15, 0.2) is 11.5 Å². The zero-order valence-corrected chi connectivity index (χ0v) is 19.1. The minimum absolute atomic E-state index is 0.632. The quantitative estimate of drug-likeness (QED) is 0.353. The second-order valence-electron chi connectivity index (χ2n) is 8.04. The molecule has 0 bridgehead atoms. The number of hydrogen-bond donors (Lipinski definition) is 0. The number of para-hydroxylation sites is 2. The van der Waals surface area contributed by atoms with Crippen LogP contribution in [-0.2, 0) is 13.6 Å². The molecule has 0 atom stereocenters. The predicted octanol–water partition coefficient (Wildman–Crippen LogP) is 4.49. The molecule has 3 heterocycles. The van der Waals surface area contributed by atoms with Crippen LogP contribution in [0.15, 0.2) is 60.9 Å². The molecule has 0 fully saturated rings. The number of aryl methyl sites for hydroxylation is 1. The van der Waals surface area contributed by atoms with Gasteiger partial charge in [-0.1, -0.05) is 37.6 Å². The number of nitrogens with zero attached hydrogens (tertiary/aromatic N) is 7. The van der Waals surface area contributed by atoms with E-state index in [4.69, 9.17) is 9.72 Å². The molecule has 0 saturated carbocycles. The molecular weight excluding hydrogens is 414 g/mol. The lowest BCUT2D eigenvalue weighted by Gasteiger charge is -2.25. The molecule has 8 heteroatoms. The molecule has 0 aliphatic carbocycles. The number of imidazole rings is 1. The summed E-state index contributed by atoms with van der Waals surface area (Å²) in [6.45, 7) is 3.67. The van der Waals surface area contributed by atoms with Crippen LogP contribution in [0.1, 0.15) is 25.6 Å². The van der Waals surface area contributed by atoms with Crippen LogP contribution < -0.4 is 9.64 Å². The van der Waals surface area contributed by atoms with Gasteiger partial charge in [0.1, 0.15) is 11.6 Å². The molecular formula is C25H27N7O. The van der Waals surface area contributed by atoms with Gasteiger partial charge in [0.2, 0.25) is 5.95 Å². The lowest BCUT2D eigenvalue weighted by Crippen LogP contribution is -2.28. The first kappa shape index (κ1) is 20.9. The monoisotopic (exact) mass is 441 g/mol. The van der Waals surface area contributed by atoms with Gasteiger partial charge in [0, 0.05) is 31.4 Å². The van der Waals surface area contributed by atoms with Gasteiger partial charge in [-0.15, -0.1) is 10.2 Å². The second kappa shape index (κ2) is 8.90. The van der Waals surface area contributed by atoms with E-state index >= 15 is 0 Å². The number of benzene rings is 2. The van der Waals surface area contributed by atoms with Crippen LogP contribution in [0.3, 0.4) is 0 Å². The number of ether oxygens (including phenoxy) is 1. The Balaban J connectivity index is 1.78. The van der Waals surface area contributed by atoms with E-state index in [1.165, 1.54) is 0 Å². The summed E-state index contributed by atoms with van der Waals surface area (Å²) in [7, 11) is 3.69. The number of aromatic nitrogens is 6. The van der Waals surface area contributed by atoms with E-state index in [1.807, 2.05) is 72.5 Å². The SMILES string of the molecule is CCCCN(Cc1nccn1C)c1nc2ccccc2c2nnc(-c3ccccc3OC)n12. The Morgan fingerprint density at radius 1 is 1.03 bits per heavy atom. The number of methoxy groups -OCH3 is 1. The smallest absolute Gasteiger partial charge is 0.214 e. The highest BCUT2D eigenvalue weighted by molar-refractivity contribution is 5.93. The fraction of sp³-hybridized carbons (Fsp3) is 0.280. The van der Waals surface area contributed by atoms with Crippen LogP contribution >= 0.6 is 0 Å². The number of anilines is 1. The molecule has 0 amide bonds. The molecule has 2 aromatic carbocycles. The molecule has 0 aliphatic heterocycles. The van der Waals surface area contributed by atoms with Crippen LogP contribution in [0.25, 0.3) is 27.9 Å². The van der Waals surface area contributed by atoms with Crippen molar-refractivity contribution in [2.45, 2.75) is 26.3 Å². The molecule has 0 aliphatic rings. The number of rotatable bonds is 8. The maximum absolute atomic E-state index is 5.64. The van der Waals surface area contributed by atoms with E-state index < -0.39 is 0 Å². The maximum Gasteiger partial charge on any atom is 0.214 e. The fourth-order valence-electron chi connectivity index (χ4n) is 4.10. The molecule has 33 heavy (non-hydrogen) atoms. The number of fused-ring (bicyclic) bond motifs is 3. The second-order valence-corrected chi connectivity index (χ2v) is 8.04. The van der Waals surface area contributed by atoms with Crippen molar-refractivity contribution in [3.63, 3.8) is 0 Å². The lowest BCUT2D eigenvalue weighted by molar-refractivity contribution is 0.416. The molecule has 0 saturated heterocycles. The highest BCUT2D eigenvalue weighted by atomic mass is 16.5. The first-order chi connectivity index (χ1) is 16.2. The zero-order valence-electron chi connectivity index (χ0n) is 19.1. The van der Waals surface area contributed by atoms with Crippen LogP contribution in [0.5, 0.6) is 5.75 Å². The van der Waals surface area contributed by atoms with Crippen molar-refractivity contribution in [2.75, 3.05) is 18.6 Å². The summed E-state index contributed by atoms with van der Waals surface area (Å²) in [5.74, 6) is 3.22. The lowest BCUT2D eigenvalue weighted by atomic mass is 10.2. The van der Waals surface area contributed by atoms with Crippen LogP contribution in [-0.4, -0.2) is 42.8 Å². The summed E-state index contributed by atoms with van der Waals surface area (Å²) in [6, 6.07) is 15.9. The van der Waals surface area contributed by atoms with E-state index in [2.05, 4.69) is 31.4 Å². The minimum atomic E-state index is 0.632. The normalized spacial score (nSPS) is 11.4. The summed E-state index contributed by atoms with van der Waals surface area (Å²) < 4.78 is 9.74. The summed E-state index contributed by atoms with van der Waals surface area (Å²) in [5.41, 5.74) is 2.54. The van der Waals surface area contributed by atoms with E-state index in [-0.39, 0.29) is 0 Å². The maximum atomic E-state index is 5.64. The molecule has 3 aromatic heterocycles. The Bertz CT molecular complexity index is 1400. The average Bonchev–Trinajstić information content (AvgIpc) is 3.47. The van der Waals surface area contributed by atoms with Crippen molar-refractivity contribution in [3.8, 4) is 17.1 Å². The molecule has 8 nitrogen and oxygen atoms in total. The number of unbranched alkanes of at least 4 members (excludes halogenated alkanes) is 1. The molecule has 0 radical (unpaired) electrons. The van der Waals surface area contributed by atoms with Crippen molar-refractivity contribution in [1.29, 1.82) is 0 Å². The predicted molar refractivity (Wildman–Crippen MR) is 129 cm³/mol. The molecule has 0 spiro atoms. The Labute approximate surface area is 192 Å². The average molecular weight is 442 g/mol. The van der Waals surface area contributed by atoms with Crippen molar-refractivity contribution >= 4 is 22.5 Å². The Morgan fingerprint density at radius 3 is 2.64 bits per heavy atom. The van der Waals surface area contributed by atoms with Crippen LogP contribution in [0.2, 0.25) is 0 Å². The van der Waals surface area contributed by atoms with E-state index in [9.17, 15) is 0 Å².